The number of nitrogens with zero attached hydrogens (tertiary/aromatic N) is 3. The molecule has 0 saturated heterocycles. The highest BCUT2D eigenvalue weighted by Gasteiger charge is 2.24. The van der Waals surface area contributed by atoms with Crippen LogP contribution in [-0.4, -0.2) is 45.3 Å². The summed E-state index contributed by atoms with van der Waals surface area (Å²) >= 11 is 0. The quantitative estimate of drug-likeness (QED) is 0.356. The van der Waals surface area contributed by atoms with Gasteiger partial charge in [-0.05, 0) is 61.5 Å². The van der Waals surface area contributed by atoms with Crippen LogP contribution in [0.15, 0.2) is 82.1 Å². The molecule has 36 heavy (non-hydrogen) atoms. The predicted molar refractivity (Wildman–Crippen MR) is 134 cm³/mol. The number of hydrogen-bond donors (Lipinski definition) is 1. The molecule has 0 aliphatic carbocycles. The second-order valence-corrected chi connectivity index (χ2v) is 9.33. The van der Waals surface area contributed by atoms with Crippen molar-refractivity contribution in [3.63, 3.8) is 0 Å². The number of carbonyl (C=O) groups is 1. The van der Waals surface area contributed by atoms with E-state index in [1.807, 2.05) is 6.07 Å². The topological polar surface area (TPSA) is 124 Å². The first-order valence-electron chi connectivity index (χ1n) is 10.9. The first-order chi connectivity index (χ1) is 17.4. The SMILES string of the molecule is CCN(c1ccccc1)S(=O)(=O)c1ccc(C(=O)Nc2nnc(-c3ccc(OC)c(OC)c3)o2)cc1. The Morgan fingerprint density at radius 2 is 1.64 bits per heavy atom. The highest BCUT2D eigenvalue weighted by atomic mass is 32.2. The van der Waals surface area contributed by atoms with E-state index in [-0.39, 0.29) is 28.9 Å². The fourth-order valence-electron chi connectivity index (χ4n) is 3.52. The van der Waals surface area contributed by atoms with Crippen molar-refractivity contribution in [2.24, 2.45) is 0 Å². The molecule has 3 aromatic carbocycles. The lowest BCUT2D eigenvalue weighted by molar-refractivity contribution is 0.102. The number of ether oxygens (including phenoxy) is 2. The Hall–Kier alpha value is -4.38. The first-order valence-corrected chi connectivity index (χ1v) is 12.4. The third-order valence-corrected chi connectivity index (χ3v) is 7.23. The molecule has 0 radical (unpaired) electrons. The van der Waals surface area contributed by atoms with Gasteiger partial charge in [0, 0.05) is 17.7 Å². The Bertz CT molecular complexity index is 1450. The monoisotopic (exact) mass is 508 g/mol. The molecule has 4 rings (SSSR count). The van der Waals surface area contributed by atoms with Crippen molar-refractivity contribution in [3.05, 3.63) is 78.4 Å². The summed E-state index contributed by atoms with van der Waals surface area (Å²) in [7, 11) is -0.758. The summed E-state index contributed by atoms with van der Waals surface area (Å²) < 4.78 is 43.6. The van der Waals surface area contributed by atoms with Crippen LogP contribution in [0.2, 0.25) is 0 Å². The molecule has 1 heterocycles. The van der Waals surface area contributed by atoms with E-state index < -0.39 is 15.9 Å². The minimum atomic E-state index is -3.80. The average molecular weight is 509 g/mol. The fraction of sp³-hybridized carbons (Fsp3) is 0.160. The maximum absolute atomic E-state index is 13.1. The molecule has 4 aromatic rings. The second kappa shape index (κ2) is 10.5. The molecule has 0 unspecified atom stereocenters. The molecule has 186 valence electrons. The van der Waals surface area contributed by atoms with Gasteiger partial charge in [-0.15, -0.1) is 5.10 Å². The van der Waals surface area contributed by atoms with E-state index in [0.29, 0.717) is 22.7 Å². The van der Waals surface area contributed by atoms with Crippen molar-refractivity contribution in [1.29, 1.82) is 0 Å². The van der Waals surface area contributed by atoms with Gasteiger partial charge in [0.2, 0.25) is 5.89 Å². The molecular weight excluding hydrogens is 484 g/mol. The third-order valence-electron chi connectivity index (χ3n) is 5.31. The molecule has 10 nitrogen and oxygen atoms in total. The largest absolute Gasteiger partial charge is 0.493 e. The van der Waals surface area contributed by atoms with E-state index in [2.05, 4.69) is 15.5 Å². The lowest BCUT2D eigenvalue weighted by Gasteiger charge is -2.22. The Balaban J connectivity index is 1.49. The smallest absolute Gasteiger partial charge is 0.322 e. The number of benzene rings is 3. The standard InChI is InChI=1S/C25H24N4O6S/c1-4-29(19-8-6-5-7-9-19)36(31,32)20-13-10-17(11-14-20)23(30)26-25-28-27-24(35-25)18-12-15-21(33-2)22(16-18)34-3/h5-16H,4H2,1-3H3,(H,26,28,30). The number of nitrogens with one attached hydrogen (secondary N) is 1. The van der Waals surface area contributed by atoms with Gasteiger partial charge in [0.15, 0.2) is 11.5 Å². The van der Waals surface area contributed by atoms with Crippen molar-refractivity contribution >= 4 is 27.6 Å². The third kappa shape index (κ3) is 5.01. The van der Waals surface area contributed by atoms with Gasteiger partial charge in [-0.25, -0.2) is 8.42 Å². The summed E-state index contributed by atoms with van der Waals surface area (Å²) in [5.74, 6) is 0.679. The molecule has 1 N–H and O–H groups in total. The number of anilines is 2. The van der Waals surface area contributed by atoms with Crippen LogP contribution in [0.3, 0.4) is 0 Å². The first kappa shape index (κ1) is 24.7. The van der Waals surface area contributed by atoms with Crippen LogP contribution in [0.25, 0.3) is 11.5 Å². The minimum Gasteiger partial charge on any atom is -0.493 e. The summed E-state index contributed by atoms with van der Waals surface area (Å²) in [6, 6.07) is 19.4. The lowest BCUT2D eigenvalue weighted by Crippen LogP contribution is -2.30. The van der Waals surface area contributed by atoms with Crippen LogP contribution >= 0.6 is 0 Å². The number of para-hydroxylation sites is 1. The highest BCUT2D eigenvalue weighted by Crippen LogP contribution is 2.32. The number of hydrogen-bond acceptors (Lipinski definition) is 8. The maximum Gasteiger partial charge on any atom is 0.322 e. The van der Waals surface area contributed by atoms with Crippen molar-refractivity contribution in [2.45, 2.75) is 11.8 Å². The molecule has 0 saturated carbocycles. The maximum atomic E-state index is 13.1. The zero-order valence-corrected chi connectivity index (χ0v) is 20.7. The molecule has 0 aliphatic rings. The molecule has 11 heteroatoms. The molecule has 1 amide bonds. The number of carbonyl (C=O) groups excluding carboxylic acids is 1. The van der Waals surface area contributed by atoms with Crippen LogP contribution in [0.5, 0.6) is 11.5 Å². The van der Waals surface area contributed by atoms with Gasteiger partial charge in [0.1, 0.15) is 0 Å². The summed E-state index contributed by atoms with van der Waals surface area (Å²) in [5, 5.41) is 10.3. The molecule has 0 spiro atoms. The van der Waals surface area contributed by atoms with Gasteiger partial charge in [0.05, 0.1) is 24.8 Å². The van der Waals surface area contributed by atoms with Crippen LogP contribution in [-0.2, 0) is 10.0 Å². The lowest BCUT2D eigenvalue weighted by atomic mass is 10.2. The Morgan fingerprint density at radius 1 is 0.944 bits per heavy atom. The molecule has 0 bridgehead atoms. The summed E-state index contributed by atoms with van der Waals surface area (Å²) in [4.78, 5) is 12.7. The van der Waals surface area contributed by atoms with E-state index in [4.69, 9.17) is 13.9 Å². The molecule has 0 atom stereocenters. The van der Waals surface area contributed by atoms with E-state index >= 15 is 0 Å². The zero-order valence-electron chi connectivity index (χ0n) is 19.8. The van der Waals surface area contributed by atoms with Crippen LogP contribution in [0.1, 0.15) is 17.3 Å². The average Bonchev–Trinajstić information content (AvgIpc) is 3.37. The van der Waals surface area contributed by atoms with Gasteiger partial charge in [-0.2, -0.15) is 0 Å². The van der Waals surface area contributed by atoms with Gasteiger partial charge < -0.3 is 13.9 Å². The Morgan fingerprint density at radius 3 is 2.28 bits per heavy atom. The molecular formula is C25H24N4O6S. The summed E-state index contributed by atoms with van der Waals surface area (Å²) in [6.07, 6.45) is 0. The molecule has 0 aliphatic heterocycles. The van der Waals surface area contributed by atoms with Crippen molar-refractivity contribution in [1.82, 2.24) is 10.2 Å². The predicted octanol–water partition coefficient (Wildman–Crippen LogP) is 4.22. The van der Waals surface area contributed by atoms with Crippen LogP contribution in [0, 0.1) is 0 Å². The number of methoxy groups -OCH3 is 2. The number of sulfonamides is 1. The molecule has 1 aromatic heterocycles. The van der Waals surface area contributed by atoms with Crippen molar-refractivity contribution < 1.29 is 27.1 Å². The van der Waals surface area contributed by atoms with Crippen molar-refractivity contribution in [2.75, 3.05) is 30.4 Å². The van der Waals surface area contributed by atoms with Gasteiger partial charge in [-0.3, -0.25) is 14.4 Å². The molecule has 0 fully saturated rings. The van der Waals surface area contributed by atoms with Gasteiger partial charge in [-0.1, -0.05) is 23.3 Å². The number of amides is 1. The normalized spacial score (nSPS) is 11.1. The fourth-order valence-corrected chi connectivity index (χ4v) is 4.99. The van der Waals surface area contributed by atoms with E-state index in [0.717, 1.165) is 0 Å². The van der Waals surface area contributed by atoms with E-state index in [9.17, 15) is 13.2 Å². The van der Waals surface area contributed by atoms with Crippen molar-refractivity contribution in [3.8, 4) is 23.0 Å². The van der Waals surface area contributed by atoms with Gasteiger partial charge in [0.25, 0.3) is 15.9 Å². The van der Waals surface area contributed by atoms with Crippen LogP contribution in [0.4, 0.5) is 11.7 Å². The van der Waals surface area contributed by atoms with E-state index in [1.54, 1.807) is 49.4 Å². The number of rotatable bonds is 9. The highest BCUT2D eigenvalue weighted by molar-refractivity contribution is 7.92. The summed E-state index contributed by atoms with van der Waals surface area (Å²) in [5.41, 5.74) is 1.36. The zero-order chi connectivity index (χ0) is 25.7. The van der Waals surface area contributed by atoms with Gasteiger partial charge >= 0.3 is 6.01 Å². The van der Waals surface area contributed by atoms with E-state index in [1.165, 1.54) is 42.8 Å². The summed E-state index contributed by atoms with van der Waals surface area (Å²) in [6.45, 7) is 2.02. The Kier molecular flexibility index (Phi) is 7.20. The minimum absolute atomic E-state index is 0.0679. The number of aromatic nitrogens is 2. The van der Waals surface area contributed by atoms with Crippen LogP contribution < -0.4 is 19.1 Å². The second-order valence-electron chi connectivity index (χ2n) is 7.47. The Labute approximate surface area is 208 Å².